The van der Waals surface area contributed by atoms with E-state index in [4.69, 9.17) is 9.47 Å². The minimum atomic E-state index is 0.0226. The van der Waals surface area contributed by atoms with Gasteiger partial charge in [-0.3, -0.25) is 4.98 Å². The van der Waals surface area contributed by atoms with Crippen molar-refractivity contribution < 1.29 is 9.47 Å². The van der Waals surface area contributed by atoms with Gasteiger partial charge in [0.2, 0.25) is 0 Å². The standard InChI is InChI=1S/C13H22N2O2/c1-4-7-14-9-12(10-16-3)17-13-6-5-8-15-11(13)2/h5-6,8,12,14H,4,7,9-10H2,1-3H3. The average molecular weight is 238 g/mol. The van der Waals surface area contributed by atoms with E-state index in [1.165, 1.54) is 0 Å². The van der Waals surface area contributed by atoms with Crippen LogP contribution in [0.15, 0.2) is 18.3 Å². The normalized spacial score (nSPS) is 12.4. The number of rotatable bonds is 8. The lowest BCUT2D eigenvalue weighted by Crippen LogP contribution is -2.35. The average Bonchev–Trinajstić information content (AvgIpc) is 2.32. The van der Waals surface area contributed by atoms with Crippen molar-refractivity contribution in [2.24, 2.45) is 0 Å². The van der Waals surface area contributed by atoms with E-state index in [1.54, 1.807) is 13.3 Å². The number of nitrogens with one attached hydrogen (secondary N) is 1. The molecule has 1 unspecified atom stereocenters. The summed E-state index contributed by atoms with van der Waals surface area (Å²) in [7, 11) is 1.69. The molecule has 4 heteroatoms. The Balaban J connectivity index is 2.50. The summed E-state index contributed by atoms with van der Waals surface area (Å²) in [5.74, 6) is 0.827. The summed E-state index contributed by atoms with van der Waals surface area (Å²) < 4.78 is 11.0. The van der Waals surface area contributed by atoms with Crippen LogP contribution >= 0.6 is 0 Å². The van der Waals surface area contributed by atoms with E-state index in [-0.39, 0.29) is 6.10 Å². The number of hydrogen-bond acceptors (Lipinski definition) is 4. The maximum atomic E-state index is 5.88. The van der Waals surface area contributed by atoms with Crippen molar-refractivity contribution >= 4 is 0 Å². The summed E-state index contributed by atoms with van der Waals surface area (Å²) in [4.78, 5) is 4.20. The molecule has 1 aromatic rings. The van der Waals surface area contributed by atoms with Gasteiger partial charge in [0.25, 0.3) is 0 Å². The summed E-state index contributed by atoms with van der Waals surface area (Å²) >= 11 is 0. The smallest absolute Gasteiger partial charge is 0.141 e. The molecule has 0 saturated carbocycles. The molecule has 0 saturated heterocycles. The van der Waals surface area contributed by atoms with Crippen molar-refractivity contribution in [2.45, 2.75) is 26.4 Å². The van der Waals surface area contributed by atoms with E-state index >= 15 is 0 Å². The van der Waals surface area contributed by atoms with Crippen molar-refractivity contribution in [1.29, 1.82) is 0 Å². The Labute approximate surface area is 103 Å². The van der Waals surface area contributed by atoms with Crippen LogP contribution in [-0.2, 0) is 4.74 Å². The fourth-order valence-electron chi connectivity index (χ4n) is 1.53. The molecule has 17 heavy (non-hydrogen) atoms. The van der Waals surface area contributed by atoms with Gasteiger partial charge in [-0.15, -0.1) is 0 Å². The predicted octanol–water partition coefficient (Wildman–Crippen LogP) is 1.78. The van der Waals surface area contributed by atoms with E-state index in [0.717, 1.165) is 31.0 Å². The van der Waals surface area contributed by atoms with E-state index < -0.39 is 0 Å². The van der Waals surface area contributed by atoms with Gasteiger partial charge in [0.1, 0.15) is 11.9 Å². The van der Waals surface area contributed by atoms with Crippen LogP contribution in [0.4, 0.5) is 0 Å². The van der Waals surface area contributed by atoms with Crippen LogP contribution in [0.2, 0.25) is 0 Å². The lowest BCUT2D eigenvalue weighted by Gasteiger charge is -2.19. The van der Waals surface area contributed by atoms with Crippen molar-refractivity contribution in [3.63, 3.8) is 0 Å². The largest absolute Gasteiger partial charge is 0.485 e. The van der Waals surface area contributed by atoms with Crippen LogP contribution in [0.1, 0.15) is 19.0 Å². The van der Waals surface area contributed by atoms with Crippen LogP contribution in [0.3, 0.4) is 0 Å². The van der Waals surface area contributed by atoms with Crippen LogP contribution in [0.25, 0.3) is 0 Å². The van der Waals surface area contributed by atoms with Gasteiger partial charge in [0.05, 0.1) is 12.3 Å². The zero-order valence-electron chi connectivity index (χ0n) is 10.9. The highest BCUT2D eigenvalue weighted by molar-refractivity contribution is 5.25. The Morgan fingerprint density at radius 2 is 2.29 bits per heavy atom. The zero-order valence-corrected chi connectivity index (χ0v) is 10.9. The molecule has 0 bridgehead atoms. The number of aromatic nitrogens is 1. The van der Waals surface area contributed by atoms with Gasteiger partial charge < -0.3 is 14.8 Å². The molecule has 0 amide bonds. The molecule has 0 fully saturated rings. The highest BCUT2D eigenvalue weighted by Gasteiger charge is 2.11. The predicted molar refractivity (Wildman–Crippen MR) is 68.4 cm³/mol. The van der Waals surface area contributed by atoms with Gasteiger partial charge in [-0.2, -0.15) is 0 Å². The quantitative estimate of drug-likeness (QED) is 0.701. The number of nitrogens with zero attached hydrogens (tertiary/aromatic N) is 1. The SMILES string of the molecule is CCCNCC(COC)Oc1cccnc1C. The Morgan fingerprint density at radius 1 is 1.47 bits per heavy atom. The summed E-state index contributed by atoms with van der Waals surface area (Å²) in [6.07, 6.45) is 2.91. The number of pyridine rings is 1. The molecule has 1 aromatic heterocycles. The van der Waals surface area contributed by atoms with Gasteiger partial charge in [0.15, 0.2) is 0 Å². The Bertz CT molecular complexity index is 318. The second-order valence-corrected chi connectivity index (χ2v) is 3.99. The Hall–Kier alpha value is -1.13. The zero-order chi connectivity index (χ0) is 12.5. The highest BCUT2D eigenvalue weighted by Crippen LogP contribution is 2.15. The molecule has 0 aromatic carbocycles. The number of methoxy groups -OCH3 is 1. The summed E-state index contributed by atoms with van der Waals surface area (Å²) in [6, 6.07) is 3.82. The molecule has 4 nitrogen and oxygen atoms in total. The lowest BCUT2D eigenvalue weighted by atomic mass is 10.3. The second-order valence-electron chi connectivity index (χ2n) is 3.99. The van der Waals surface area contributed by atoms with Gasteiger partial charge >= 0.3 is 0 Å². The van der Waals surface area contributed by atoms with Gasteiger partial charge in [-0.1, -0.05) is 6.92 Å². The molecule has 0 aliphatic heterocycles. The molecule has 1 atom stereocenters. The van der Waals surface area contributed by atoms with Crippen LogP contribution < -0.4 is 10.1 Å². The van der Waals surface area contributed by atoms with Crippen LogP contribution in [-0.4, -0.2) is 37.9 Å². The molecular formula is C13H22N2O2. The third-order valence-electron chi connectivity index (χ3n) is 2.40. The van der Waals surface area contributed by atoms with Crippen molar-refractivity contribution in [3.8, 4) is 5.75 Å². The molecule has 1 heterocycles. The fraction of sp³-hybridized carbons (Fsp3) is 0.615. The highest BCUT2D eigenvalue weighted by atomic mass is 16.5. The third kappa shape index (κ3) is 5.15. The monoisotopic (exact) mass is 238 g/mol. The van der Waals surface area contributed by atoms with E-state index in [0.29, 0.717) is 6.61 Å². The first kappa shape index (κ1) is 13.9. The first-order valence-corrected chi connectivity index (χ1v) is 6.05. The first-order chi connectivity index (χ1) is 8.27. The van der Waals surface area contributed by atoms with Gasteiger partial charge in [-0.25, -0.2) is 0 Å². The number of ether oxygens (including phenoxy) is 2. The molecule has 0 radical (unpaired) electrons. The van der Waals surface area contributed by atoms with Crippen molar-refractivity contribution in [3.05, 3.63) is 24.0 Å². The fourth-order valence-corrected chi connectivity index (χ4v) is 1.53. The molecular weight excluding hydrogens is 216 g/mol. The molecule has 1 rings (SSSR count). The van der Waals surface area contributed by atoms with Crippen LogP contribution in [0, 0.1) is 6.92 Å². The summed E-state index contributed by atoms with van der Waals surface area (Å²) in [6.45, 7) is 6.44. The minimum Gasteiger partial charge on any atom is -0.485 e. The Kier molecular flexibility index (Phi) is 6.58. The van der Waals surface area contributed by atoms with E-state index in [2.05, 4.69) is 17.2 Å². The van der Waals surface area contributed by atoms with E-state index in [9.17, 15) is 0 Å². The summed E-state index contributed by atoms with van der Waals surface area (Å²) in [5, 5.41) is 3.33. The van der Waals surface area contributed by atoms with Gasteiger partial charge in [0, 0.05) is 19.9 Å². The second kappa shape index (κ2) is 8.03. The summed E-state index contributed by atoms with van der Waals surface area (Å²) in [5.41, 5.74) is 0.907. The van der Waals surface area contributed by atoms with Crippen LogP contribution in [0.5, 0.6) is 5.75 Å². The molecule has 96 valence electrons. The third-order valence-corrected chi connectivity index (χ3v) is 2.40. The van der Waals surface area contributed by atoms with Crippen molar-refractivity contribution in [2.75, 3.05) is 26.8 Å². The topological polar surface area (TPSA) is 43.4 Å². The first-order valence-electron chi connectivity index (χ1n) is 6.05. The number of hydrogen-bond donors (Lipinski definition) is 1. The molecule has 0 aliphatic carbocycles. The maximum absolute atomic E-state index is 5.88. The molecule has 0 aliphatic rings. The molecule has 0 spiro atoms. The van der Waals surface area contributed by atoms with Gasteiger partial charge in [-0.05, 0) is 32.0 Å². The van der Waals surface area contributed by atoms with Crippen molar-refractivity contribution in [1.82, 2.24) is 10.3 Å². The minimum absolute atomic E-state index is 0.0226. The lowest BCUT2D eigenvalue weighted by molar-refractivity contribution is 0.0800. The maximum Gasteiger partial charge on any atom is 0.141 e. The number of aryl methyl sites for hydroxylation is 1. The molecule has 1 N–H and O–H groups in total. The Morgan fingerprint density at radius 3 is 2.94 bits per heavy atom. The van der Waals surface area contributed by atoms with E-state index in [1.807, 2.05) is 19.1 Å².